The lowest BCUT2D eigenvalue weighted by Gasteiger charge is -2.24. The van der Waals surface area contributed by atoms with Gasteiger partial charge in [0.25, 0.3) is 0 Å². The second-order valence-electron chi connectivity index (χ2n) is 3.70. The highest BCUT2D eigenvalue weighted by atomic mass is 16.3. The van der Waals surface area contributed by atoms with Crippen molar-refractivity contribution >= 4 is 5.91 Å². The Hall–Kier alpha value is -1.35. The fourth-order valence-electron chi connectivity index (χ4n) is 2.01. The maximum atomic E-state index is 10.9. The minimum absolute atomic E-state index is 0.204. The van der Waals surface area contributed by atoms with Gasteiger partial charge in [-0.2, -0.15) is 0 Å². The normalized spacial score (nSPS) is 24.4. The van der Waals surface area contributed by atoms with Crippen molar-refractivity contribution in [3.05, 3.63) is 35.4 Å². The predicted octanol–water partition coefficient (Wildman–Crippen LogP) is 0.914. The van der Waals surface area contributed by atoms with Crippen LogP contribution in [0, 0.1) is 0 Å². The number of carbonyl (C=O) groups excluding carboxylic acids is 1. The van der Waals surface area contributed by atoms with Crippen molar-refractivity contribution in [2.45, 2.75) is 25.5 Å². The molecule has 74 valence electrons. The first-order valence-corrected chi connectivity index (χ1v) is 4.71. The molecule has 2 N–H and O–H groups in total. The molecule has 14 heavy (non-hydrogen) atoms. The molecule has 2 rings (SSSR count). The SMILES string of the molecule is CC(=O)NC1(O)CCc2ccccc21. The van der Waals surface area contributed by atoms with E-state index in [0.29, 0.717) is 6.42 Å². The van der Waals surface area contributed by atoms with Gasteiger partial charge in [0.2, 0.25) is 5.91 Å². The van der Waals surface area contributed by atoms with Crippen molar-refractivity contribution in [3.63, 3.8) is 0 Å². The summed E-state index contributed by atoms with van der Waals surface area (Å²) < 4.78 is 0. The van der Waals surface area contributed by atoms with Crippen LogP contribution < -0.4 is 5.32 Å². The molecule has 1 aliphatic carbocycles. The number of hydrogen-bond acceptors (Lipinski definition) is 2. The Morgan fingerprint density at radius 2 is 2.21 bits per heavy atom. The first-order chi connectivity index (χ1) is 6.62. The second kappa shape index (κ2) is 3.10. The van der Waals surface area contributed by atoms with Gasteiger partial charge in [0, 0.05) is 18.9 Å². The third-order valence-electron chi connectivity index (χ3n) is 2.60. The first-order valence-electron chi connectivity index (χ1n) is 4.71. The number of nitrogens with one attached hydrogen (secondary N) is 1. The fourth-order valence-corrected chi connectivity index (χ4v) is 2.01. The number of benzene rings is 1. The maximum Gasteiger partial charge on any atom is 0.219 e. The van der Waals surface area contributed by atoms with Crippen molar-refractivity contribution in [1.82, 2.24) is 5.32 Å². The van der Waals surface area contributed by atoms with Gasteiger partial charge >= 0.3 is 0 Å². The number of rotatable bonds is 1. The molecular formula is C11H13NO2. The van der Waals surface area contributed by atoms with Crippen LogP contribution >= 0.6 is 0 Å². The fraction of sp³-hybridized carbons (Fsp3) is 0.364. The van der Waals surface area contributed by atoms with E-state index in [1.165, 1.54) is 6.92 Å². The van der Waals surface area contributed by atoms with E-state index < -0.39 is 5.72 Å². The molecule has 0 spiro atoms. The van der Waals surface area contributed by atoms with Gasteiger partial charge in [-0.1, -0.05) is 24.3 Å². The molecule has 0 saturated carbocycles. The van der Waals surface area contributed by atoms with Gasteiger partial charge in [0.15, 0.2) is 5.72 Å². The van der Waals surface area contributed by atoms with E-state index in [-0.39, 0.29) is 5.91 Å². The molecule has 0 aromatic heterocycles. The Kier molecular flexibility index (Phi) is 2.04. The van der Waals surface area contributed by atoms with E-state index in [2.05, 4.69) is 5.32 Å². The van der Waals surface area contributed by atoms with Crippen molar-refractivity contribution in [2.75, 3.05) is 0 Å². The molecule has 0 radical (unpaired) electrons. The lowest BCUT2D eigenvalue weighted by atomic mass is 10.1. The highest BCUT2D eigenvalue weighted by molar-refractivity contribution is 5.74. The Morgan fingerprint density at radius 1 is 1.50 bits per heavy atom. The van der Waals surface area contributed by atoms with Crippen molar-refractivity contribution < 1.29 is 9.90 Å². The van der Waals surface area contributed by atoms with Gasteiger partial charge in [0.1, 0.15) is 0 Å². The molecule has 1 aromatic rings. The topological polar surface area (TPSA) is 49.3 Å². The van der Waals surface area contributed by atoms with E-state index >= 15 is 0 Å². The third-order valence-corrected chi connectivity index (χ3v) is 2.60. The van der Waals surface area contributed by atoms with Crippen LogP contribution in [0.4, 0.5) is 0 Å². The molecule has 1 atom stereocenters. The van der Waals surface area contributed by atoms with Crippen LogP contribution in [0.2, 0.25) is 0 Å². The lowest BCUT2D eigenvalue weighted by molar-refractivity contribution is -0.127. The zero-order valence-electron chi connectivity index (χ0n) is 8.08. The summed E-state index contributed by atoms with van der Waals surface area (Å²) in [6, 6.07) is 7.66. The number of carbonyl (C=O) groups is 1. The van der Waals surface area contributed by atoms with E-state index in [9.17, 15) is 9.90 Å². The van der Waals surface area contributed by atoms with Gasteiger partial charge in [-0.25, -0.2) is 0 Å². The van der Waals surface area contributed by atoms with E-state index in [1.807, 2.05) is 24.3 Å². The van der Waals surface area contributed by atoms with Crippen molar-refractivity contribution in [2.24, 2.45) is 0 Å². The standard InChI is InChI=1S/C11H13NO2/c1-8(13)12-11(14)7-6-9-4-2-3-5-10(9)11/h2-5,14H,6-7H2,1H3,(H,12,13). The molecule has 0 aliphatic heterocycles. The van der Waals surface area contributed by atoms with Crippen LogP contribution in [0.15, 0.2) is 24.3 Å². The highest BCUT2D eigenvalue weighted by Gasteiger charge is 2.36. The van der Waals surface area contributed by atoms with Gasteiger partial charge in [-0.3, -0.25) is 4.79 Å². The Labute approximate surface area is 82.8 Å². The van der Waals surface area contributed by atoms with Gasteiger partial charge in [0.05, 0.1) is 0 Å². The predicted molar refractivity (Wildman–Crippen MR) is 52.5 cm³/mol. The summed E-state index contributed by atoms with van der Waals surface area (Å²) in [7, 11) is 0. The van der Waals surface area contributed by atoms with E-state index in [0.717, 1.165) is 17.5 Å². The van der Waals surface area contributed by atoms with Gasteiger partial charge in [-0.15, -0.1) is 0 Å². The summed E-state index contributed by atoms with van der Waals surface area (Å²) in [4.78, 5) is 10.9. The maximum absolute atomic E-state index is 10.9. The zero-order chi connectivity index (χ0) is 10.2. The van der Waals surface area contributed by atoms with Crippen molar-refractivity contribution in [1.29, 1.82) is 0 Å². The molecule has 1 amide bonds. The van der Waals surface area contributed by atoms with Crippen LogP contribution in [0.25, 0.3) is 0 Å². The summed E-state index contributed by atoms with van der Waals surface area (Å²) in [5, 5.41) is 12.8. The summed E-state index contributed by atoms with van der Waals surface area (Å²) in [5.74, 6) is -0.204. The first kappa shape index (κ1) is 9.21. The van der Waals surface area contributed by atoms with Crippen LogP contribution in [0.1, 0.15) is 24.5 Å². The Bertz CT molecular complexity index is 375. The molecule has 3 nitrogen and oxygen atoms in total. The molecule has 0 heterocycles. The quantitative estimate of drug-likeness (QED) is 0.648. The minimum Gasteiger partial charge on any atom is -0.367 e. The second-order valence-corrected chi connectivity index (χ2v) is 3.70. The summed E-state index contributed by atoms with van der Waals surface area (Å²) >= 11 is 0. The highest BCUT2D eigenvalue weighted by Crippen LogP contribution is 2.34. The molecule has 1 aliphatic rings. The largest absolute Gasteiger partial charge is 0.367 e. The lowest BCUT2D eigenvalue weighted by Crippen LogP contribution is -2.43. The zero-order valence-corrected chi connectivity index (χ0v) is 8.08. The number of amides is 1. The third kappa shape index (κ3) is 1.40. The Balaban J connectivity index is 2.37. The summed E-state index contributed by atoms with van der Waals surface area (Å²) in [6.45, 7) is 1.42. The molecule has 1 unspecified atom stereocenters. The molecule has 3 heteroatoms. The van der Waals surface area contributed by atoms with Crippen molar-refractivity contribution in [3.8, 4) is 0 Å². The number of hydrogen-bond donors (Lipinski definition) is 2. The smallest absolute Gasteiger partial charge is 0.219 e. The summed E-state index contributed by atoms with van der Waals surface area (Å²) in [5.41, 5.74) is 0.793. The number of fused-ring (bicyclic) bond motifs is 1. The molecule has 0 bridgehead atoms. The van der Waals surface area contributed by atoms with E-state index in [4.69, 9.17) is 0 Å². The average molecular weight is 191 g/mol. The number of aryl methyl sites for hydroxylation is 1. The van der Waals surface area contributed by atoms with Gasteiger partial charge in [-0.05, 0) is 12.0 Å². The van der Waals surface area contributed by atoms with Crippen LogP contribution in [0.5, 0.6) is 0 Å². The minimum atomic E-state index is -1.15. The van der Waals surface area contributed by atoms with Crippen LogP contribution in [0.3, 0.4) is 0 Å². The summed E-state index contributed by atoms with van der Waals surface area (Å²) in [6.07, 6.45) is 1.37. The molecule has 0 saturated heterocycles. The number of aliphatic hydroxyl groups is 1. The molecular weight excluding hydrogens is 178 g/mol. The molecule has 0 fully saturated rings. The van der Waals surface area contributed by atoms with Crippen LogP contribution in [-0.2, 0) is 16.9 Å². The Morgan fingerprint density at radius 3 is 2.93 bits per heavy atom. The van der Waals surface area contributed by atoms with Crippen LogP contribution in [-0.4, -0.2) is 11.0 Å². The average Bonchev–Trinajstić information content (AvgIpc) is 2.44. The molecule has 1 aromatic carbocycles. The van der Waals surface area contributed by atoms with Gasteiger partial charge < -0.3 is 10.4 Å². The van der Waals surface area contributed by atoms with E-state index in [1.54, 1.807) is 0 Å². The monoisotopic (exact) mass is 191 g/mol.